The molecular formula is C22H20FN7O. The highest BCUT2D eigenvalue weighted by molar-refractivity contribution is 5.94. The minimum absolute atomic E-state index is 0.0272. The molecule has 1 fully saturated rings. The van der Waals surface area contributed by atoms with Crippen LogP contribution >= 0.6 is 0 Å². The third kappa shape index (κ3) is 3.81. The van der Waals surface area contributed by atoms with Crippen LogP contribution in [0, 0.1) is 5.82 Å². The van der Waals surface area contributed by atoms with E-state index in [1.807, 2.05) is 11.0 Å². The number of aromatic nitrogens is 5. The first-order chi connectivity index (χ1) is 15.2. The maximum atomic E-state index is 14.2. The van der Waals surface area contributed by atoms with E-state index in [0.29, 0.717) is 41.5 Å². The summed E-state index contributed by atoms with van der Waals surface area (Å²) >= 11 is 0. The molecule has 4 heterocycles. The van der Waals surface area contributed by atoms with Gasteiger partial charge in [0.25, 0.3) is 5.91 Å². The summed E-state index contributed by atoms with van der Waals surface area (Å²) in [5.41, 5.74) is 1.55. The molecule has 0 aliphatic carbocycles. The third-order valence-electron chi connectivity index (χ3n) is 5.44. The Labute approximate surface area is 177 Å². The molecule has 9 heteroatoms. The molecule has 0 radical (unpaired) electrons. The summed E-state index contributed by atoms with van der Waals surface area (Å²) < 4.78 is 15.8. The summed E-state index contributed by atoms with van der Waals surface area (Å²) in [7, 11) is 0. The molecule has 1 N–H and O–H groups in total. The fourth-order valence-electron chi connectivity index (χ4n) is 3.79. The molecule has 8 nitrogen and oxygen atoms in total. The van der Waals surface area contributed by atoms with Crippen molar-refractivity contribution in [2.24, 2.45) is 0 Å². The zero-order valence-corrected chi connectivity index (χ0v) is 16.6. The third-order valence-corrected chi connectivity index (χ3v) is 5.44. The number of rotatable bonds is 4. The zero-order valence-electron chi connectivity index (χ0n) is 16.6. The number of hydrogen-bond donors (Lipinski definition) is 1. The van der Waals surface area contributed by atoms with Gasteiger partial charge in [-0.25, -0.2) is 4.39 Å². The van der Waals surface area contributed by atoms with Gasteiger partial charge in [-0.3, -0.25) is 9.78 Å². The lowest BCUT2D eigenvalue weighted by Crippen LogP contribution is -2.42. The number of fused-ring (bicyclic) bond motifs is 1. The highest BCUT2D eigenvalue weighted by atomic mass is 19.1. The highest BCUT2D eigenvalue weighted by Crippen LogP contribution is 2.22. The number of nitrogens with zero attached hydrogens (tertiary/aromatic N) is 6. The van der Waals surface area contributed by atoms with Crippen molar-refractivity contribution in [2.75, 3.05) is 18.4 Å². The number of nitrogens with one attached hydrogen (secondary N) is 1. The van der Waals surface area contributed by atoms with Gasteiger partial charge in [-0.2, -0.15) is 4.52 Å². The van der Waals surface area contributed by atoms with Gasteiger partial charge in [0.05, 0.1) is 5.56 Å². The van der Waals surface area contributed by atoms with Gasteiger partial charge in [-0.05, 0) is 49.2 Å². The molecule has 0 spiro atoms. The van der Waals surface area contributed by atoms with Crippen molar-refractivity contribution in [2.45, 2.75) is 18.9 Å². The topological polar surface area (TPSA) is 88.3 Å². The van der Waals surface area contributed by atoms with Gasteiger partial charge in [0, 0.05) is 37.1 Å². The molecule has 31 heavy (non-hydrogen) atoms. The predicted molar refractivity (Wildman–Crippen MR) is 113 cm³/mol. The van der Waals surface area contributed by atoms with E-state index in [2.05, 4.69) is 25.6 Å². The summed E-state index contributed by atoms with van der Waals surface area (Å²) in [5, 5.41) is 16.2. The Hall–Kier alpha value is -3.88. The predicted octanol–water partition coefficient (Wildman–Crippen LogP) is 3.04. The molecule has 0 bridgehead atoms. The lowest BCUT2D eigenvalue weighted by atomic mass is 10.0. The Bertz CT molecular complexity index is 1220. The number of likely N-dealkylation sites (tertiary alicyclic amines) is 1. The summed E-state index contributed by atoms with van der Waals surface area (Å²) in [6, 6.07) is 13.7. The molecule has 156 valence electrons. The van der Waals surface area contributed by atoms with Crippen LogP contribution in [0.15, 0.2) is 60.9 Å². The van der Waals surface area contributed by atoms with E-state index < -0.39 is 0 Å². The van der Waals surface area contributed by atoms with Crippen LogP contribution in [-0.2, 0) is 0 Å². The van der Waals surface area contributed by atoms with E-state index in [9.17, 15) is 9.18 Å². The maximum Gasteiger partial charge on any atom is 0.253 e. The second-order valence-corrected chi connectivity index (χ2v) is 7.44. The molecule has 1 aliphatic rings. The quantitative estimate of drug-likeness (QED) is 0.549. The second-order valence-electron chi connectivity index (χ2n) is 7.44. The Balaban J connectivity index is 1.29. The van der Waals surface area contributed by atoms with E-state index in [0.717, 1.165) is 12.8 Å². The number of carbonyl (C=O) groups is 1. The van der Waals surface area contributed by atoms with E-state index in [1.54, 1.807) is 53.3 Å². The van der Waals surface area contributed by atoms with Gasteiger partial charge in [0.1, 0.15) is 11.6 Å². The van der Waals surface area contributed by atoms with Crippen LogP contribution < -0.4 is 5.32 Å². The van der Waals surface area contributed by atoms with Crippen LogP contribution in [0.2, 0.25) is 0 Å². The van der Waals surface area contributed by atoms with Gasteiger partial charge >= 0.3 is 0 Å². The van der Waals surface area contributed by atoms with Gasteiger partial charge in [-0.1, -0.05) is 12.1 Å². The van der Waals surface area contributed by atoms with Gasteiger partial charge in [0.15, 0.2) is 11.5 Å². The minimum Gasteiger partial charge on any atom is -0.366 e. The summed E-state index contributed by atoms with van der Waals surface area (Å²) in [4.78, 5) is 18.4. The molecule has 5 rings (SSSR count). The van der Waals surface area contributed by atoms with Gasteiger partial charge < -0.3 is 10.2 Å². The van der Waals surface area contributed by atoms with Crippen molar-refractivity contribution < 1.29 is 9.18 Å². The van der Waals surface area contributed by atoms with Crippen LogP contribution in [0.3, 0.4) is 0 Å². The first-order valence-electron chi connectivity index (χ1n) is 10.1. The smallest absolute Gasteiger partial charge is 0.253 e. The van der Waals surface area contributed by atoms with Crippen LogP contribution in [0.4, 0.5) is 10.2 Å². The molecule has 0 atom stereocenters. The highest BCUT2D eigenvalue weighted by Gasteiger charge is 2.24. The molecule has 1 aliphatic heterocycles. The number of amides is 1. The van der Waals surface area contributed by atoms with E-state index >= 15 is 0 Å². The fourth-order valence-corrected chi connectivity index (χ4v) is 3.79. The number of piperidine rings is 1. The second kappa shape index (κ2) is 8.10. The minimum atomic E-state index is -0.372. The van der Waals surface area contributed by atoms with Crippen LogP contribution in [0.25, 0.3) is 17.0 Å². The molecule has 1 amide bonds. The number of benzene rings is 1. The van der Waals surface area contributed by atoms with Gasteiger partial charge in [0.2, 0.25) is 0 Å². The Kier molecular flexibility index (Phi) is 4.99. The molecule has 3 aromatic heterocycles. The normalized spacial score (nSPS) is 14.7. The van der Waals surface area contributed by atoms with Crippen LogP contribution in [-0.4, -0.2) is 54.7 Å². The fraction of sp³-hybridized carbons (Fsp3) is 0.227. The van der Waals surface area contributed by atoms with Crippen molar-refractivity contribution >= 4 is 17.4 Å². The summed E-state index contributed by atoms with van der Waals surface area (Å²) in [6.45, 7) is 1.32. The van der Waals surface area contributed by atoms with Crippen LogP contribution in [0.5, 0.6) is 0 Å². The lowest BCUT2D eigenvalue weighted by molar-refractivity contribution is 0.0718. The number of anilines is 1. The van der Waals surface area contributed by atoms with Crippen molar-refractivity contribution in [1.82, 2.24) is 29.7 Å². The largest absolute Gasteiger partial charge is 0.366 e. The molecule has 0 unspecified atom stereocenters. The summed E-state index contributed by atoms with van der Waals surface area (Å²) in [6.07, 6.45) is 4.87. The molecular weight excluding hydrogens is 397 g/mol. The average molecular weight is 417 g/mol. The van der Waals surface area contributed by atoms with E-state index in [4.69, 9.17) is 0 Å². The monoisotopic (exact) mass is 417 g/mol. The maximum absolute atomic E-state index is 14.2. The summed E-state index contributed by atoms with van der Waals surface area (Å²) in [5.74, 6) is 0.668. The van der Waals surface area contributed by atoms with E-state index in [1.165, 1.54) is 6.07 Å². The van der Waals surface area contributed by atoms with Crippen molar-refractivity contribution in [3.8, 4) is 11.4 Å². The first kappa shape index (κ1) is 19.1. The molecule has 0 saturated carbocycles. The Morgan fingerprint density at radius 1 is 1.00 bits per heavy atom. The number of carbonyl (C=O) groups excluding carboxylic acids is 1. The Morgan fingerprint density at radius 3 is 2.55 bits per heavy atom. The Morgan fingerprint density at radius 2 is 1.77 bits per heavy atom. The lowest BCUT2D eigenvalue weighted by Gasteiger charge is -2.32. The number of halogens is 1. The number of pyridine rings is 1. The molecule has 4 aromatic rings. The first-order valence-corrected chi connectivity index (χ1v) is 10.1. The number of hydrogen-bond acceptors (Lipinski definition) is 6. The van der Waals surface area contributed by atoms with Crippen molar-refractivity contribution in [3.05, 3.63) is 72.3 Å². The van der Waals surface area contributed by atoms with E-state index in [-0.39, 0.29) is 17.8 Å². The van der Waals surface area contributed by atoms with Gasteiger partial charge in [-0.15, -0.1) is 15.3 Å². The van der Waals surface area contributed by atoms with Crippen LogP contribution in [0.1, 0.15) is 23.2 Å². The van der Waals surface area contributed by atoms with Crippen molar-refractivity contribution in [3.63, 3.8) is 0 Å². The standard InChI is InChI=1S/C22H20FN7O/c23-18-4-2-1-3-17(18)21-27-26-20-6-5-19(28-30(20)21)25-16-9-13-29(14-10-16)22(31)15-7-11-24-12-8-15/h1-8,11-12,16H,9-10,13-14H2,(H,25,28). The molecule has 1 saturated heterocycles. The molecule has 1 aromatic carbocycles. The SMILES string of the molecule is O=C(c1ccncc1)N1CCC(Nc2ccc3nnc(-c4ccccc4F)n3n2)CC1. The van der Waals surface area contributed by atoms with Crippen molar-refractivity contribution in [1.29, 1.82) is 0 Å². The average Bonchev–Trinajstić information content (AvgIpc) is 3.23. The zero-order chi connectivity index (χ0) is 21.2.